The van der Waals surface area contributed by atoms with Crippen LogP contribution in [0.15, 0.2) is 18.2 Å². The Balaban J connectivity index is 2.35. The number of carbonyl (C=O) groups is 1. The Hall–Kier alpha value is -1.75. The molecule has 1 aromatic rings. The van der Waals surface area contributed by atoms with E-state index in [2.05, 4.69) is 11.8 Å². The third-order valence-corrected chi connectivity index (χ3v) is 4.84. The minimum Gasteiger partial charge on any atom is -0.508 e. The van der Waals surface area contributed by atoms with Crippen molar-refractivity contribution in [2.75, 3.05) is 23.7 Å². The lowest BCUT2D eigenvalue weighted by molar-refractivity contribution is -0.126. The molecule has 0 aliphatic carbocycles. The Kier molecular flexibility index (Phi) is 6.33. The molecular weight excluding hydrogens is 314 g/mol. The van der Waals surface area contributed by atoms with E-state index in [1.54, 1.807) is 12.1 Å². The summed E-state index contributed by atoms with van der Waals surface area (Å²) in [4.78, 5) is 17.7. The molecule has 1 aliphatic rings. The number of rotatable bonds is 5. The number of phenolic OH excluding ortho intramolecular Hbond substituents is 1. The zero-order chi connectivity index (χ0) is 18.6. The lowest BCUT2D eigenvalue weighted by Crippen LogP contribution is -2.56. The fourth-order valence-corrected chi connectivity index (χ4v) is 3.60. The first-order valence-electron chi connectivity index (χ1n) is 9.42. The number of amides is 1. The fourth-order valence-electron chi connectivity index (χ4n) is 3.60. The van der Waals surface area contributed by atoms with Crippen LogP contribution in [0, 0.1) is 0 Å². The van der Waals surface area contributed by atoms with E-state index in [-0.39, 0.29) is 17.7 Å². The van der Waals surface area contributed by atoms with Crippen molar-refractivity contribution in [3.8, 4) is 5.75 Å². The average Bonchev–Trinajstić information content (AvgIpc) is 2.54. The molecule has 0 spiro atoms. The number of carbonyl (C=O) groups excluding carboxylic acids is 1. The van der Waals surface area contributed by atoms with Crippen LogP contribution in [0.4, 0.5) is 11.4 Å². The summed E-state index contributed by atoms with van der Waals surface area (Å²) in [5.41, 5.74) is 6.85. The first kappa shape index (κ1) is 19.6. The van der Waals surface area contributed by atoms with Gasteiger partial charge in [0.05, 0.1) is 17.4 Å². The van der Waals surface area contributed by atoms with Gasteiger partial charge in [0.1, 0.15) is 5.75 Å². The highest BCUT2D eigenvalue weighted by Crippen LogP contribution is 2.34. The first-order valence-corrected chi connectivity index (χ1v) is 9.42. The highest BCUT2D eigenvalue weighted by molar-refractivity contribution is 6.01. The number of unbranched alkanes of at least 4 members (excludes halogenated alkanes) is 1. The standard InChI is InChI=1S/C20H33N3O2/c1-5-6-12-22-13-8-7-9-18(22)19(25)23(20(2,3)4)17-11-10-15(24)14-16(17)21/h10-11,14,18,24H,5-9,12-13,21H2,1-4H3. The van der Waals surface area contributed by atoms with Crippen LogP contribution in [0.3, 0.4) is 0 Å². The van der Waals surface area contributed by atoms with Gasteiger partial charge in [0.2, 0.25) is 5.91 Å². The molecule has 25 heavy (non-hydrogen) atoms. The number of aromatic hydroxyl groups is 1. The molecule has 5 heteroatoms. The number of likely N-dealkylation sites (tertiary alicyclic amines) is 1. The van der Waals surface area contributed by atoms with E-state index in [0.717, 1.165) is 45.2 Å². The SMILES string of the molecule is CCCCN1CCCCC1C(=O)N(c1ccc(O)cc1N)C(C)(C)C. The Labute approximate surface area is 151 Å². The number of hydrogen-bond acceptors (Lipinski definition) is 4. The van der Waals surface area contributed by atoms with Crippen LogP contribution < -0.4 is 10.6 Å². The lowest BCUT2D eigenvalue weighted by Gasteiger charge is -2.43. The van der Waals surface area contributed by atoms with Gasteiger partial charge < -0.3 is 15.7 Å². The zero-order valence-electron chi connectivity index (χ0n) is 16.1. The van der Waals surface area contributed by atoms with E-state index in [9.17, 15) is 9.90 Å². The second-order valence-corrected chi connectivity index (χ2v) is 7.99. The summed E-state index contributed by atoms with van der Waals surface area (Å²) in [6, 6.07) is 4.75. The fraction of sp³-hybridized carbons (Fsp3) is 0.650. The van der Waals surface area contributed by atoms with Crippen molar-refractivity contribution in [2.24, 2.45) is 0 Å². The molecule has 1 aromatic carbocycles. The number of benzene rings is 1. The molecular formula is C20H33N3O2. The summed E-state index contributed by atoms with van der Waals surface area (Å²) in [5, 5.41) is 9.66. The largest absolute Gasteiger partial charge is 0.508 e. The van der Waals surface area contributed by atoms with Gasteiger partial charge in [-0.25, -0.2) is 0 Å². The summed E-state index contributed by atoms with van der Waals surface area (Å²) in [6.07, 6.45) is 5.38. The van der Waals surface area contributed by atoms with E-state index >= 15 is 0 Å². The van der Waals surface area contributed by atoms with Crippen LogP contribution in [0.1, 0.15) is 59.8 Å². The minimum absolute atomic E-state index is 0.0901. The van der Waals surface area contributed by atoms with Crippen molar-refractivity contribution in [3.63, 3.8) is 0 Å². The maximum absolute atomic E-state index is 13.5. The van der Waals surface area contributed by atoms with E-state index in [0.29, 0.717) is 11.4 Å². The molecule has 0 saturated carbocycles. The molecule has 1 heterocycles. The predicted molar refractivity (Wildman–Crippen MR) is 104 cm³/mol. The molecule has 3 N–H and O–H groups in total. The number of phenols is 1. The zero-order valence-corrected chi connectivity index (χ0v) is 16.1. The molecule has 2 rings (SSSR count). The summed E-state index contributed by atoms with van der Waals surface area (Å²) in [6.45, 7) is 10.2. The number of anilines is 2. The molecule has 1 fully saturated rings. The van der Waals surface area contributed by atoms with Gasteiger partial charge in [-0.2, -0.15) is 0 Å². The van der Waals surface area contributed by atoms with Crippen LogP contribution in [0.25, 0.3) is 0 Å². The molecule has 1 unspecified atom stereocenters. The monoisotopic (exact) mass is 347 g/mol. The summed E-state index contributed by atoms with van der Waals surface area (Å²) in [5.74, 6) is 0.227. The van der Waals surface area contributed by atoms with Crippen molar-refractivity contribution < 1.29 is 9.90 Å². The number of hydrogen-bond donors (Lipinski definition) is 2. The quantitative estimate of drug-likeness (QED) is 0.796. The Bertz CT molecular complexity index is 595. The van der Waals surface area contributed by atoms with E-state index in [1.165, 1.54) is 6.07 Å². The third kappa shape index (κ3) is 4.66. The van der Waals surface area contributed by atoms with Gasteiger partial charge >= 0.3 is 0 Å². The molecule has 0 aromatic heterocycles. The van der Waals surface area contributed by atoms with E-state index < -0.39 is 5.54 Å². The van der Waals surface area contributed by atoms with Crippen molar-refractivity contribution >= 4 is 17.3 Å². The van der Waals surface area contributed by atoms with E-state index in [1.807, 2.05) is 25.7 Å². The van der Waals surface area contributed by atoms with E-state index in [4.69, 9.17) is 5.73 Å². The maximum Gasteiger partial charge on any atom is 0.244 e. The second kappa shape index (κ2) is 8.09. The highest BCUT2D eigenvalue weighted by atomic mass is 16.3. The molecule has 1 saturated heterocycles. The normalized spacial score (nSPS) is 19.0. The molecule has 5 nitrogen and oxygen atoms in total. The number of nitrogens with two attached hydrogens (primary N) is 1. The first-order chi connectivity index (χ1) is 11.8. The Morgan fingerprint density at radius 2 is 2.08 bits per heavy atom. The lowest BCUT2D eigenvalue weighted by atomic mass is 9.96. The van der Waals surface area contributed by atoms with Gasteiger partial charge in [0.25, 0.3) is 0 Å². The van der Waals surface area contributed by atoms with Gasteiger partial charge in [-0.15, -0.1) is 0 Å². The van der Waals surface area contributed by atoms with Gasteiger partial charge in [-0.1, -0.05) is 19.8 Å². The topological polar surface area (TPSA) is 69.8 Å². The number of piperidine rings is 1. The van der Waals surface area contributed by atoms with Gasteiger partial charge in [0.15, 0.2) is 0 Å². The maximum atomic E-state index is 13.5. The van der Waals surface area contributed by atoms with Crippen molar-refractivity contribution in [3.05, 3.63) is 18.2 Å². The highest BCUT2D eigenvalue weighted by Gasteiger charge is 2.37. The van der Waals surface area contributed by atoms with Crippen LogP contribution >= 0.6 is 0 Å². The van der Waals surface area contributed by atoms with Crippen molar-refractivity contribution in [1.29, 1.82) is 0 Å². The molecule has 1 aliphatic heterocycles. The van der Waals surface area contributed by atoms with Crippen LogP contribution in [0.2, 0.25) is 0 Å². The van der Waals surface area contributed by atoms with Crippen molar-refractivity contribution in [1.82, 2.24) is 4.90 Å². The summed E-state index contributed by atoms with van der Waals surface area (Å²) in [7, 11) is 0. The molecule has 0 bridgehead atoms. The number of nitrogens with zero attached hydrogens (tertiary/aromatic N) is 2. The van der Waals surface area contributed by atoms with Crippen LogP contribution in [0.5, 0.6) is 5.75 Å². The average molecular weight is 348 g/mol. The molecule has 140 valence electrons. The minimum atomic E-state index is -0.393. The third-order valence-electron chi connectivity index (χ3n) is 4.84. The number of nitrogen functional groups attached to an aromatic ring is 1. The van der Waals surface area contributed by atoms with Gasteiger partial charge in [-0.05, 0) is 65.3 Å². The van der Waals surface area contributed by atoms with Gasteiger partial charge in [-0.3, -0.25) is 9.69 Å². The predicted octanol–water partition coefficient (Wildman–Crippen LogP) is 3.76. The second-order valence-electron chi connectivity index (χ2n) is 7.99. The molecule has 0 radical (unpaired) electrons. The Morgan fingerprint density at radius 1 is 1.36 bits per heavy atom. The molecule has 1 atom stereocenters. The summed E-state index contributed by atoms with van der Waals surface area (Å²) < 4.78 is 0. The summed E-state index contributed by atoms with van der Waals surface area (Å²) >= 11 is 0. The van der Waals surface area contributed by atoms with Crippen LogP contribution in [-0.4, -0.2) is 40.6 Å². The molecule has 1 amide bonds. The van der Waals surface area contributed by atoms with Crippen molar-refractivity contribution in [2.45, 2.75) is 71.4 Å². The van der Waals surface area contributed by atoms with Crippen LogP contribution in [-0.2, 0) is 4.79 Å². The Morgan fingerprint density at radius 3 is 2.68 bits per heavy atom. The smallest absolute Gasteiger partial charge is 0.244 e. The van der Waals surface area contributed by atoms with Gasteiger partial charge in [0, 0.05) is 11.6 Å².